The highest BCUT2D eigenvalue weighted by Crippen LogP contribution is 2.52. The van der Waals surface area contributed by atoms with Crippen LogP contribution in [0.4, 0.5) is 4.79 Å². The van der Waals surface area contributed by atoms with Crippen molar-refractivity contribution in [3.8, 4) is 0 Å². The second kappa shape index (κ2) is 8.22. The van der Waals surface area contributed by atoms with E-state index >= 15 is 0 Å². The van der Waals surface area contributed by atoms with Crippen LogP contribution in [0.1, 0.15) is 55.6 Å². The van der Waals surface area contributed by atoms with E-state index in [1.165, 1.54) is 11.1 Å². The fourth-order valence-electron chi connectivity index (χ4n) is 6.07. The van der Waals surface area contributed by atoms with Gasteiger partial charge in [-0.3, -0.25) is 4.79 Å². The molecule has 1 aliphatic carbocycles. The lowest BCUT2D eigenvalue weighted by molar-refractivity contribution is -0.130. The molecule has 3 amide bonds. The van der Waals surface area contributed by atoms with Gasteiger partial charge in [0.25, 0.3) is 0 Å². The van der Waals surface area contributed by atoms with E-state index in [2.05, 4.69) is 29.2 Å². The summed E-state index contributed by atoms with van der Waals surface area (Å²) >= 11 is 0. The molecule has 6 heteroatoms. The Morgan fingerprint density at radius 2 is 1.57 bits per heavy atom. The summed E-state index contributed by atoms with van der Waals surface area (Å²) in [5.41, 5.74) is 2.93. The van der Waals surface area contributed by atoms with E-state index in [1.807, 2.05) is 9.80 Å². The normalized spacial score (nSPS) is 25.6. The molecule has 1 spiro atoms. The second-order valence-corrected chi connectivity index (χ2v) is 9.43. The summed E-state index contributed by atoms with van der Waals surface area (Å²) in [6.45, 7) is 6.14. The lowest BCUT2D eigenvalue weighted by atomic mass is 9.73. The van der Waals surface area contributed by atoms with Crippen molar-refractivity contribution >= 4 is 11.9 Å². The highest BCUT2D eigenvalue weighted by atomic mass is 16.5. The van der Waals surface area contributed by atoms with Gasteiger partial charge in [-0.05, 0) is 54.6 Å². The van der Waals surface area contributed by atoms with Crippen LogP contribution in [0.15, 0.2) is 24.3 Å². The maximum atomic E-state index is 12.9. The van der Waals surface area contributed by atoms with Crippen molar-refractivity contribution in [2.45, 2.75) is 49.9 Å². The Balaban J connectivity index is 1.28. The monoisotopic (exact) mass is 411 g/mol. The van der Waals surface area contributed by atoms with Crippen molar-refractivity contribution in [3.05, 3.63) is 35.4 Å². The van der Waals surface area contributed by atoms with Crippen LogP contribution < -0.4 is 0 Å². The minimum atomic E-state index is 0.119. The van der Waals surface area contributed by atoms with Crippen LogP contribution in [0.25, 0.3) is 0 Å². The van der Waals surface area contributed by atoms with Gasteiger partial charge in [0.1, 0.15) is 0 Å². The Morgan fingerprint density at radius 1 is 0.900 bits per heavy atom. The predicted octanol–water partition coefficient (Wildman–Crippen LogP) is 2.97. The number of amides is 3. The first-order valence-corrected chi connectivity index (χ1v) is 11.7. The molecule has 1 atom stereocenters. The van der Waals surface area contributed by atoms with Gasteiger partial charge in [-0.1, -0.05) is 24.3 Å². The molecule has 162 valence electrons. The summed E-state index contributed by atoms with van der Waals surface area (Å²) in [6, 6.07) is 8.92. The average molecular weight is 412 g/mol. The summed E-state index contributed by atoms with van der Waals surface area (Å²) in [4.78, 5) is 31.8. The van der Waals surface area contributed by atoms with Gasteiger partial charge in [0.15, 0.2) is 0 Å². The predicted molar refractivity (Wildman–Crippen MR) is 115 cm³/mol. The maximum Gasteiger partial charge on any atom is 0.320 e. The number of likely N-dealkylation sites (tertiary alicyclic amines) is 2. The van der Waals surface area contributed by atoms with Crippen molar-refractivity contribution < 1.29 is 14.3 Å². The second-order valence-electron chi connectivity index (χ2n) is 9.43. The molecule has 0 bridgehead atoms. The number of nitrogens with zero attached hydrogens (tertiary/aromatic N) is 3. The van der Waals surface area contributed by atoms with Crippen molar-refractivity contribution in [2.24, 2.45) is 0 Å². The number of carbonyl (C=O) groups is 2. The zero-order chi connectivity index (χ0) is 20.6. The summed E-state index contributed by atoms with van der Waals surface area (Å²) in [7, 11) is 0. The van der Waals surface area contributed by atoms with Gasteiger partial charge in [-0.2, -0.15) is 0 Å². The summed E-state index contributed by atoms with van der Waals surface area (Å²) < 4.78 is 5.39. The molecule has 3 heterocycles. The molecule has 0 radical (unpaired) electrons. The van der Waals surface area contributed by atoms with Crippen LogP contribution in [0.2, 0.25) is 0 Å². The zero-order valence-electron chi connectivity index (χ0n) is 17.9. The van der Waals surface area contributed by atoms with E-state index in [-0.39, 0.29) is 11.4 Å². The number of hydrogen-bond acceptors (Lipinski definition) is 3. The van der Waals surface area contributed by atoms with Gasteiger partial charge < -0.3 is 19.4 Å². The van der Waals surface area contributed by atoms with Gasteiger partial charge in [-0.25, -0.2) is 4.79 Å². The van der Waals surface area contributed by atoms with E-state index in [9.17, 15) is 9.59 Å². The molecule has 0 saturated carbocycles. The lowest BCUT2D eigenvalue weighted by Gasteiger charge is -2.42. The van der Waals surface area contributed by atoms with Crippen LogP contribution >= 0.6 is 0 Å². The van der Waals surface area contributed by atoms with Crippen molar-refractivity contribution in [3.63, 3.8) is 0 Å². The number of rotatable bonds is 2. The fourth-order valence-corrected chi connectivity index (χ4v) is 6.07. The first-order chi connectivity index (χ1) is 14.7. The molecule has 1 unspecified atom stereocenters. The Kier molecular flexibility index (Phi) is 5.44. The molecule has 4 aliphatic rings. The Hall–Kier alpha value is -2.08. The van der Waals surface area contributed by atoms with Crippen molar-refractivity contribution in [1.82, 2.24) is 14.7 Å². The standard InChI is InChI=1S/C24H33N3O3/c28-22(25-9-3-4-10-25)17-19-18-24(21-6-2-1-5-20(19)21)7-11-26(12-8-24)23(29)27-13-15-30-16-14-27/h1-2,5-6,19H,3-4,7-18H2. The number of ether oxygens (including phenoxy) is 1. The minimum absolute atomic E-state index is 0.119. The van der Waals surface area contributed by atoms with Gasteiger partial charge >= 0.3 is 6.03 Å². The van der Waals surface area contributed by atoms with E-state index in [0.29, 0.717) is 44.5 Å². The number of piperidine rings is 1. The van der Waals surface area contributed by atoms with Gasteiger partial charge in [0, 0.05) is 45.7 Å². The smallest absolute Gasteiger partial charge is 0.320 e. The Labute approximate surface area is 179 Å². The number of fused-ring (bicyclic) bond motifs is 2. The molecular formula is C24H33N3O3. The van der Waals surface area contributed by atoms with Crippen molar-refractivity contribution in [1.29, 1.82) is 0 Å². The summed E-state index contributed by atoms with van der Waals surface area (Å²) in [5, 5.41) is 0. The highest BCUT2D eigenvalue weighted by Gasteiger charge is 2.46. The lowest BCUT2D eigenvalue weighted by Crippen LogP contribution is -2.52. The molecular weight excluding hydrogens is 378 g/mol. The van der Waals surface area contributed by atoms with E-state index < -0.39 is 0 Å². The Morgan fingerprint density at radius 3 is 2.30 bits per heavy atom. The van der Waals surface area contributed by atoms with Crippen LogP contribution in [-0.2, 0) is 14.9 Å². The molecule has 1 aromatic rings. The number of carbonyl (C=O) groups excluding carboxylic acids is 2. The molecule has 3 saturated heterocycles. The summed E-state index contributed by atoms with van der Waals surface area (Å²) in [6.07, 6.45) is 5.96. The number of urea groups is 1. The first-order valence-electron chi connectivity index (χ1n) is 11.7. The molecule has 1 aromatic carbocycles. The number of morpholine rings is 1. The van der Waals surface area contributed by atoms with Crippen LogP contribution in [0, 0.1) is 0 Å². The quantitative estimate of drug-likeness (QED) is 0.752. The highest BCUT2D eigenvalue weighted by molar-refractivity contribution is 5.78. The number of hydrogen-bond donors (Lipinski definition) is 0. The maximum absolute atomic E-state index is 12.9. The SMILES string of the molecule is O=C(CC1CC2(CCN(C(=O)N3CCOCC3)CC2)c2ccccc21)N1CCCC1. The molecule has 6 nitrogen and oxygen atoms in total. The number of benzene rings is 1. The minimum Gasteiger partial charge on any atom is -0.378 e. The van der Waals surface area contributed by atoms with Crippen molar-refractivity contribution in [2.75, 3.05) is 52.5 Å². The third-order valence-corrected chi connectivity index (χ3v) is 7.76. The molecule has 3 aliphatic heterocycles. The molecule has 0 N–H and O–H groups in total. The van der Waals surface area contributed by atoms with Crippen LogP contribution in [0.5, 0.6) is 0 Å². The first kappa shape index (κ1) is 19.9. The largest absolute Gasteiger partial charge is 0.378 e. The summed E-state index contributed by atoms with van der Waals surface area (Å²) in [5.74, 6) is 0.639. The van der Waals surface area contributed by atoms with Crippen LogP contribution in [-0.4, -0.2) is 79.1 Å². The molecule has 30 heavy (non-hydrogen) atoms. The van der Waals surface area contributed by atoms with E-state index in [4.69, 9.17) is 4.74 Å². The molecule has 3 fully saturated rings. The third-order valence-electron chi connectivity index (χ3n) is 7.76. The van der Waals surface area contributed by atoms with Crippen LogP contribution in [0.3, 0.4) is 0 Å². The fraction of sp³-hybridized carbons (Fsp3) is 0.667. The zero-order valence-corrected chi connectivity index (χ0v) is 17.9. The average Bonchev–Trinajstić information content (AvgIpc) is 3.43. The Bertz CT molecular complexity index is 791. The topological polar surface area (TPSA) is 53.1 Å². The molecule has 5 rings (SSSR count). The van der Waals surface area contributed by atoms with E-state index in [0.717, 1.165) is 58.3 Å². The van der Waals surface area contributed by atoms with Gasteiger partial charge in [0.05, 0.1) is 13.2 Å². The third kappa shape index (κ3) is 3.59. The molecule has 0 aromatic heterocycles. The van der Waals surface area contributed by atoms with Gasteiger partial charge in [0.2, 0.25) is 5.91 Å². The van der Waals surface area contributed by atoms with E-state index in [1.54, 1.807) is 0 Å². The van der Waals surface area contributed by atoms with Gasteiger partial charge in [-0.15, -0.1) is 0 Å².